The van der Waals surface area contributed by atoms with Crippen LogP contribution in [0, 0.1) is 0 Å². The van der Waals surface area contributed by atoms with E-state index in [-0.39, 0.29) is 0 Å². The van der Waals surface area contributed by atoms with Crippen LogP contribution in [0.25, 0.3) is 0 Å². The first-order valence-electron chi connectivity index (χ1n) is 8.89. The maximum Gasteiger partial charge on any atom is 0.516 e. The predicted molar refractivity (Wildman–Crippen MR) is 85.1 cm³/mol. The molecule has 0 saturated heterocycles. The molecule has 37 heavy (non-hydrogen) atoms. The van der Waals surface area contributed by atoms with Crippen molar-refractivity contribution >= 4 is 18.9 Å². The largest absolute Gasteiger partial charge is 0.516 e. The highest BCUT2D eigenvalue weighted by Gasteiger charge is 2.95. The first-order valence-corrected chi connectivity index (χ1v) is 11.7. The third-order valence-corrected chi connectivity index (χ3v) is 8.18. The molecular formula is C14H12ClF19O2Si. The van der Waals surface area contributed by atoms with Crippen LogP contribution in [0.3, 0.4) is 0 Å². The Labute approximate surface area is 198 Å². The Kier molecular flexibility index (Phi) is 9.69. The van der Waals surface area contributed by atoms with E-state index in [1.807, 2.05) is 0 Å². The van der Waals surface area contributed by atoms with Crippen molar-refractivity contribution in [1.29, 1.82) is 0 Å². The molecule has 0 aromatic rings. The molecule has 0 aliphatic rings. The second kappa shape index (κ2) is 9.93. The van der Waals surface area contributed by atoms with Crippen LogP contribution in [0.15, 0.2) is 0 Å². The van der Waals surface area contributed by atoms with Crippen molar-refractivity contribution < 1.29 is 92.3 Å². The maximum absolute atomic E-state index is 14.2. The van der Waals surface area contributed by atoms with Crippen LogP contribution in [-0.4, -0.2) is 74.3 Å². The molecule has 0 unspecified atom stereocenters. The molecule has 0 amide bonds. The van der Waals surface area contributed by atoms with Gasteiger partial charge in [0.15, 0.2) is 0 Å². The van der Waals surface area contributed by atoms with Crippen molar-refractivity contribution in [2.24, 2.45) is 0 Å². The van der Waals surface area contributed by atoms with Crippen molar-refractivity contribution in [2.75, 3.05) is 13.2 Å². The number of hydrogen-bond donors (Lipinski definition) is 0. The molecule has 0 bridgehead atoms. The van der Waals surface area contributed by atoms with Crippen molar-refractivity contribution in [3.63, 3.8) is 0 Å². The second-order valence-electron chi connectivity index (χ2n) is 6.93. The highest BCUT2D eigenvalue weighted by molar-refractivity contribution is 7.14. The fourth-order valence-electron chi connectivity index (χ4n) is 2.32. The van der Waals surface area contributed by atoms with E-state index in [4.69, 9.17) is 11.1 Å². The Morgan fingerprint density at radius 2 is 0.757 bits per heavy atom. The summed E-state index contributed by atoms with van der Waals surface area (Å²) in [4.78, 5) is 0. The Bertz CT molecular complexity index is 790. The molecule has 0 aliphatic heterocycles. The highest BCUT2D eigenvalue weighted by atomic mass is 35.6. The molecule has 0 aliphatic carbocycles. The number of halogens is 20. The van der Waals surface area contributed by atoms with Gasteiger partial charge >= 0.3 is 61.1 Å². The molecule has 0 aromatic carbocycles. The minimum Gasteiger partial charge on any atom is -0.380 e. The molecular weight excluding hydrogens is 625 g/mol. The van der Waals surface area contributed by atoms with Crippen molar-refractivity contribution in [3.8, 4) is 0 Å². The first kappa shape index (κ1) is 36.1. The van der Waals surface area contributed by atoms with Crippen LogP contribution in [0.4, 0.5) is 83.4 Å². The van der Waals surface area contributed by atoms with E-state index < -0.39 is 80.7 Å². The Morgan fingerprint density at radius 1 is 0.486 bits per heavy atom. The van der Waals surface area contributed by atoms with Gasteiger partial charge < -0.3 is 8.85 Å². The van der Waals surface area contributed by atoms with Crippen molar-refractivity contribution in [3.05, 3.63) is 0 Å². The number of rotatable bonds is 13. The lowest BCUT2D eigenvalue weighted by atomic mass is 9.88. The molecule has 0 N–H and O–H groups in total. The molecule has 0 aromatic heterocycles. The summed E-state index contributed by atoms with van der Waals surface area (Å²) in [6.45, 7) is -0.230. The van der Waals surface area contributed by atoms with Crippen LogP contribution < -0.4 is 0 Å². The first-order chi connectivity index (χ1) is 15.8. The average molecular weight is 637 g/mol. The van der Waals surface area contributed by atoms with Gasteiger partial charge in [-0.1, -0.05) is 11.1 Å². The van der Waals surface area contributed by atoms with Gasteiger partial charge in [-0.2, -0.15) is 74.6 Å². The van der Waals surface area contributed by atoms with E-state index in [0.717, 1.165) is 13.8 Å². The van der Waals surface area contributed by atoms with Crippen LogP contribution in [0.5, 0.6) is 0 Å². The van der Waals surface area contributed by atoms with E-state index in [1.165, 1.54) is 0 Å². The standard InChI is InChI=1S/C14H12ClF19O2Si/c1-3-35-37(15,36-4-2)7(18,19)5-6(16,17)8(20,21)9(22,23)10(24,25)11(26,27)12(28,29)13(30,31)14(32,33)34/h3-5H2,1-2H3. The van der Waals surface area contributed by atoms with Crippen LogP contribution in [-0.2, 0) is 8.85 Å². The summed E-state index contributed by atoms with van der Waals surface area (Å²) in [7, 11) is -5.98. The summed E-state index contributed by atoms with van der Waals surface area (Å²) < 4.78 is 261. The van der Waals surface area contributed by atoms with Gasteiger partial charge in [0, 0.05) is 13.2 Å². The lowest BCUT2D eigenvalue weighted by molar-refractivity contribution is -0.462. The van der Waals surface area contributed by atoms with Crippen LogP contribution in [0.1, 0.15) is 20.3 Å². The summed E-state index contributed by atoms with van der Waals surface area (Å²) in [5, 5.41) is 0. The molecule has 0 rings (SSSR count). The molecule has 0 radical (unpaired) electrons. The summed E-state index contributed by atoms with van der Waals surface area (Å²) in [6.07, 6.45) is -12.0. The molecule has 0 spiro atoms. The predicted octanol–water partition coefficient (Wildman–Crippen LogP) is 7.81. The molecule has 224 valence electrons. The van der Waals surface area contributed by atoms with Gasteiger partial charge in [-0.3, -0.25) is 0 Å². The van der Waals surface area contributed by atoms with Crippen LogP contribution in [0.2, 0.25) is 0 Å². The highest BCUT2D eigenvalue weighted by Crippen LogP contribution is 2.64. The maximum atomic E-state index is 14.2. The molecule has 0 atom stereocenters. The number of alkyl halides is 19. The number of hydrogen-bond acceptors (Lipinski definition) is 2. The zero-order valence-electron chi connectivity index (χ0n) is 17.5. The zero-order valence-corrected chi connectivity index (χ0v) is 19.3. The summed E-state index contributed by atoms with van der Waals surface area (Å²) in [6, 6.07) is 0. The van der Waals surface area contributed by atoms with E-state index in [9.17, 15) is 83.4 Å². The van der Waals surface area contributed by atoms with Gasteiger partial charge in [0.1, 0.15) is 0 Å². The lowest BCUT2D eigenvalue weighted by Crippen LogP contribution is -2.74. The van der Waals surface area contributed by atoms with Gasteiger partial charge in [0.05, 0.1) is 6.42 Å². The fourth-order valence-corrected chi connectivity index (χ4v) is 4.85. The molecule has 23 heteroatoms. The Morgan fingerprint density at radius 3 is 1.03 bits per heavy atom. The van der Waals surface area contributed by atoms with Gasteiger partial charge in [-0.25, -0.2) is 8.78 Å². The van der Waals surface area contributed by atoms with E-state index in [2.05, 4.69) is 8.85 Å². The van der Waals surface area contributed by atoms with Crippen LogP contribution >= 0.6 is 11.1 Å². The van der Waals surface area contributed by atoms with Gasteiger partial charge in [0.2, 0.25) is 0 Å². The van der Waals surface area contributed by atoms with E-state index in [1.54, 1.807) is 0 Å². The monoisotopic (exact) mass is 636 g/mol. The second-order valence-corrected chi connectivity index (χ2v) is 10.8. The SMILES string of the molecule is CCO[Si](Cl)(OCC)C(F)(F)CC(F)(F)C(F)(F)C(F)(F)C(F)(F)C(F)(F)C(F)(F)C(F)(F)C(F)(F)F. The molecule has 0 fully saturated rings. The minimum absolute atomic E-state index is 0.833. The zero-order chi connectivity index (χ0) is 30.5. The van der Waals surface area contributed by atoms with Gasteiger partial charge in [-0.15, -0.1) is 0 Å². The quantitative estimate of drug-likeness (QED) is 0.117. The van der Waals surface area contributed by atoms with Crippen molar-refractivity contribution in [2.45, 2.75) is 73.4 Å². The average Bonchev–Trinajstić information content (AvgIpc) is 2.65. The summed E-state index contributed by atoms with van der Waals surface area (Å²) in [5.74, 6) is -59.0. The van der Waals surface area contributed by atoms with Gasteiger partial charge in [-0.05, 0) is 13.8 Å². The Hall–Kier alpha value is -0.903. The molecule has 0 saturated carbocycles. The third-order valence-electron chi connectivity index (χ3n) is 4.33. The molecule has 2 nitrogen and oxygen atoms in total. The lowest BCUT2D eigenvalue weighted by Gasteiger charge is -2.43. The van der Waals surface area contributed by atoms with Gasteiger partial charge in [0.25, 0.3) is 0 Å². The summed E-state index contributed by atoms with van der Waals surface area (Å²) >= 11 is 5.14. The fraction of sp³-hybridized carbons (Fsp3) is 1.00. The smallest absolute Gasteiger partial charge is 0.380 e. The Balaban J connectivity index is 6.81. The van der Waals surface area contributed by atoms with E-state index in [0.29, 0.717) is 0 Å². The van der Waals surface area contributed by atoms with Crippen molar-refractivity contribution in [1.82, 2.24) is 0 Å². The van der Waals surface area contributed by atoms with E-state index >= 15 is 0 Å². The minimum atomic E-state index is -8.87. The molecule has 0 heterocycles. The topological polar surface area (TPSA) is 18.5 Å². The summed E-state index contributed by atoms with van der Waals surface area (Å²) in [5.41, 5.74) is -5.67. The third kappa shape index (κ3) is 5.31. The normalized spacial score (nSPS) is 16.4.